The lowest BCUT2D eigenvalue weighted by atomic mass is 9.78. The summed E-state index contributed by atoms with van der Waals surface area (Å²) in [7, 11) is 0. The molecule has 0 saturated heterocycles. The van der Waals surface area contributed by atoms with Crippen LogP contribution in [0.1, 0.15) is 48.3 Å². The van der Waals surface area contributed by atoms with Gasteiger partial charge in [-0.15, -0.1) is 0 Å². The third-order valence-electron chi connectivity index (χ3n) is 16.5. The Kier molecular flexibility index (Phi) is 10.1. The van der Waals surface area contributed by atoms with Crippen molar-refractivity contribution in [2.24, 2.45) is 0 Å². The van der Waals surface area contributed by atoms with Gasteiger partial charge in [0.25, 0.3) is 0 Å². The Morgan fingerprint density at radius 2 is 1.07 bits per heavy atom. The number of nitrogens with zero attached hydrogens (tertiary/aromatic N) is 4. The zero-order chi connectivity index (χ0) is 48.7. The molecule has 0 fully saturated rings. The van der Waals surface area contributed by atoms with Crippen LogP contribution in [-0.4, -0.2) is 12.1 Å². The Bertz CT molecular complexity index is 3960. The number of allylic oxidation sites excluding steroid dienone is 5. The van der Waals surface area contributed by atoms with Crippen molar-refractivity contribution in [3.63, 3.8) is 0 Å². The standard InChI is InChI=1S/C70H54N4/c1-3-23-53(24-4-1)71-61-27-11-15-31-65(61)73(66-32-16-12-28-62(66)71)55-39-41-57-59(45-55)69(51-37-35-47-19-7-9-21-49(47)43-51)58-42-40-56(46-60(58)70(57)52-38-36-48-20-8-10-22-50(48)44-52)74-67-33-17-13-29-63(67)72(54-25-5-2-6-26-54)64-30-14-18-34-68(64)74/h1,3-5,7-15,17-31,33-42,44-46,51,62,66H,2,6,16,32,43H2. The van der Waals surface area contributed by atoms with E-state index in [0.717, 1.165) is 37.8 Å². The number of para-hydroxylation sites is 7. The summed E-state index contributed by atoms with van der Waals surface area (Å²) in [5, 5.41) is 7.62. The van der Waals surface area contributed by atoms with Gasteiger partial charge in [-0.2, -0.15) is 0 Å². The molecule has 5 aliphatic rings. The lowest BCUT2D eigenvalue weighted by Crippen LogP contribution is -2.53. The molecule has 4 nitrogen and oxygen atoms in total. The van der Waals surface area contributed by atoms with E-state index in [1.165, 1.54) is 111 Å². The maximum absolute atomic E-state index is 2.69. The molecule has 0 radical (unpaired) electrons. The third kappa shape index (κ3) is 6.82. The molecule has 3 unspecified atom stereocenters. The van der Waals surface area contributed by atoms with E-state index < -0.39 is 0 Å². The highest BCUT2D eigenvalue weighted by molar-refractivity contribution is 6.18. The Morgan fingerprint density at radius 3 is 1.85 bits per heavy atom. The van der Waals surface area contributed by atoms with Gasteiger partial charge in [0.05, 0.1) is 46.2 Å². The van der Waals surface area contributed by atoms with Gasteiger partial charge in [-0.05, 0) is 177 Å². The van der Waals surface area contributed by atoms with Crippen LogP contribution >= 0.6 is 0 Å². The summed E-state index contributed by atoms with van der Waals surface area (Å²) >= 11 is 0. The summed E-state index contributed by atoms with van der Waals surface area (Å²) in [4.78, 5) is 10.2. The van der Waals surface area contributed by atoms with Gasteiger partial charge in [0.15, 0.2) is 0 Å². The number of anilines is 9. The van der Waals surface area contributed by atoms with Crippen LogP contribution in [0.3, 0.4) is 0 Å². The van der Waals surface area contributed by atoms with Crippen LogP contribution in [0.15, 0.2) is 248 Å². The lowest BCUT2D eigenvalue weighted by Gasteiger charge is -2.50. The van der Waals surface area contributed by atoms with Crippen molar-refractivity contribution in [2.45, 2.75) is 50.1 Å². The van der Waals surface area contributed by atoms with Gasteiger partial charge in [0.1, 0.15) is 0 Å². The highest BCUT2D eigenvalue weighted by Crippen LogP contribution is 2.56. The molecular weight excluding hydrogens is 897 g/mol. The van der Waals surface area contributed by atoms with Crippen LogP contribution in [0.5, 0.6) is 0 Å². The van der Waals surface area contributed by atoms with E-state index in [2.05, 4.69) is 268 Å². The maximum Gasteiger partial charge on any atom is 0.0730 e. The fraction of sp³-hybridized carbons (Fsp3) is 0.114. The molecule has 4 heteroatoms. The summed E-state index contributed by atoms with van der Waals surface area (Å²) in [6.45, 7) is 0. The quantitative estimate of drug-likeness (QED) is 0.122. The second-order valence-corrected chi connectivity index (χ2v) is 20.6. The van der Waals surface area contributed by atoms with Crippen LogP contribution < -0.4 is 19.6 Å². The minimum Gasteiger partial charge on any atom is -0.334 e. The fourth-order valence-electron chi connectivity index (χ4n) is 13.2. The van der Waals surface area contributed by atoms with E-state index in [1.807, 2.05) is 0 Å². The van der Waals surface area contributed by atoms with Crippen molar-refractivity contribution in [3.8, 4) is 11.1 Å². The summed E-state index contributed by atoms with van der Waals surface area (Å²) in [5.41, 5.74) is 18.6. The normalized spacial score (nSPS) is 18.5. The molecule has 10 aromatic rings. The van der Waals surface area contributed by atoms with Crippen molar-refractivity contribution < 1.29 is 0 Å². The lowest BCUT2D eigenvalue weighted by molar-refractivity contribution is 0.508. The van der Waals surface area contributed by atoms with Crippen LogP contribution in [-0.2, 0) is 6.42 Å². The molecule has 354 valence electrons. The summed E-state index contributed by atoms with van der Waals surface area (Å²) in [5.74, 6) is 0.149. The SMILES string of the molecule is C1=CC(N2c3ccccc3N(c3ccc4c(C5C=Cc6ccccc6C5)c5cc(N6c7ccccc7N(c7ccccc7)C7C=CCCC76)ccc5c(-c5ccc6ccccc6c5)c4c3)c3ccccc32)=CCC1. The monoisotopic (exact) mass is 950 g/mol. The maximum atomic E-state index is 2.69. The van der Waals surface area contributed by atoms with Crippen LogP contribution in [0.25, 0.3) is 49.5 Å². The van der Waals surface area contributed by atoms with Gasteiger partial charge >= 0.3 is 0 Å². The van der Waals surface area contributed by atoms with E-state index in [-0.39, 0.29) is 18.0 Å². The largest absolute Gasteiger partial charge is 0.334 e. The minimum atomic E-state index is 0.149. The Morgan fingerprint density at radius 1 is 0.405 bits per heavy atom. The van der Waals surface area contributed by atoms with Crippen molar-refractivity contribution in [1.29, 1.82) is 0 Å². The van der Waals surface area contributed by atoms with Gasteiger partial charge in [0, 0.05) is 28.7 Å². The molecule has 15 rings (SSSR count). The van der Waals surface area contributed by atoms with E-state index in [0.29, 0.717) is 0 Å². The predicted molar refractivity (Wildman–Crippen MR) is 313 cm³/mol. The first-order chi connectivity index (χ1) is 36.7. The molecule has 2 heterocycles. The van der Waals surface area contributed by atoms with Gasteiger partial charge in [-0.3, -0.25) is 0 Å². The van der Waals surface area contributed by atoms with Crippen molar-refractivity contribution >= 4 is 89.6 Å². The van der Waals surface area contributed by atoms with Gasteiger partial charge in [-0.1, -0.05) is 164 Å². The second kappa shape index (κ2) is 17.4. The number of hydrogen-bond donors (Lipinski definition) is 0. The van der Waals surface area contributed by atoms with Gasteiger partial charge in [0.2, 0.25) is 0 Å². The average Bonchev–Trinajstić information content (AvgIpc) is 3.49. The van der Waals surface area contributed by atoms with Crippen LogP contribution in [0, 0.1) is 0 Å². The van der Waals surface area contributed by atoms with E-state index >= 15 is 0 Å². The average molecular weight is 951 g/mol. The van der Waals surface area contributed by atoms with Gasteiger partial charge in [-0.25, -0.2) is 0 Å². The Hall–Kier alpha value is -8.86. The zero-order valence-electron chi connectivity index (χ0n) is 41.2. The molecule has 3 atom stereocenters. The first kappa shape index (κ1) is 42.8. The van der Waals surface area contributed by atoms with E-state index in [9.17, 15) is 0 Å². The molecule has 74 heavy (non-hydrogen) atoms. The van der Waals surface area contributed by atoms with Crippen molar-refractivity contribution in [1.82, 2.24) is 0 Å². The number of rotatable bonds is 6. The van der Waals surface area contributed by atoms with E-state index in [4.69, 9.17) is 0 Å². The number of fused-ring (bicyclic) bond motifs is 8. The predicted octanol–water partition coefficient (Wildman–Crippen LogP) is 18.7. The molecular formula is C70H54N4. The van der Waals surface area contributed by atoms with Gasteiger partial charge < -0.3 is 19.6 Å². The fourth-order valence-corrected chi connectivity index (χ4v) is 13.2. The smallest absolute Gasteiger partial charge is 0.0730 e. The molecule has 0 aromatic heterocycles. The Balaban J connectivity index is 0.998. The Labute approximate surface area is 433 Å². The first-order valence-electron chi connectivity index (χ1n) is 26.6. The van der Waals surface area contributed by atoms with Crippen molar-refractivity contribution in [2.75, 3.05) is 19.6 Å². The molecule has 0 bridgehead atoms. The second-order valence-electron chi connectivity index (χ2n) is 20.6. The molecule has 2 aliphatic heterocycles. The summed E-state index contributed by atoms with van der Waals surface area (Å²) in [6, 6.07) is 78.1. The molecule has 10 aromatic carbocycles. The minimum absolute atomic E-state index is 0.149. The van der Waals surface area contributed by atoms with Crippen molar-refractivity contribution in [3.05, 3.63) is 265 Å². The highest BCUT2D eigenvalue weighted by Gasteiger charge is 2.41. The number of benzene rings is 10. The highest BCUT2D eigenvalue weighted by atomic mass is 15.3. The molecule has 3 aliphatic carbocycles. The van der Waals surface area contributed by atoms with Crippen LogP contribution in [0.4, 0.5) is 51.2 Å². The van der Waals surface area contributed by atoms with E-state index in [1.54, 1.807) is 0 Å². The van der Waals surface area contributed by atoms with Crippen LogP contribution in [0.2, 0.25) is 0 Å². The number of hydrogen-bond acceptors (Lipinski definition) is 4. The topological polar surface area (TPSA) is 13.0 Å². The molecule has 0 amide bonds. The molecule has 0 N–H and O–H groups in total. The molecule has 0 spiro atoms. The zero-order valence-corrected chi connectivity index (χ0v) is 41.2. The summed E-state index contributed by atoms with van der Waals surface area (Å²) in [6.07, 6.45) is 21.9. The third-order valence-corrected chi connectivity index (χ3v) is 16.5. The first-order valence-corrected chi connectivity index (χ1v) is 26.6. The molecule has 0 saturated carbocycles. The summed E-state index contributed by atoms with van der Waals surface area (Å²) < 4.78 is 0.